The maximum atomic E-state index is 13.5. The number of nitrogens with zero attached hydrogens (tertiary/aromatic N) is 1. The molecule has 1 atom stereocenters. The predicted octanol–water partition coefficient (Wildman–Crippen LogP) is 4.70. The summed E-state index contributed by atoms with van der Waals surface area (Å²) in [5.41, 5.74) is 2.53. The molecule has 5 nitrogen and oxygen atoms in total. The van der Waals surface area contributed by atoms with Gasteiger partial charge in [0.2, 0.25) is 0 Å². The van der Waals surface area contributed by atoms with Crippen molar-refractivity contribution in [3.8, 4) is 0 Å². The van der Waals surface area contributed by atoms with Crippen molar-refractivity contribution in [3.63, 3.8) is 0 Å². The van der Waals surface area contributed by atoms with Crippen LogP contribution in [0.15, 0.2) is 38.5 Å². The van der Waals surface area contributed by atoms with Crippen LogP contribution in [-0.4, -0.2) is 36.8 Å². The molecule has 148 valence electrons. The number of fused-ring (bicyclic) bond motifs is 1. The van der Waals surface area contributed by atoms with Crippen LogP contribution < -0.4 is 0 Å². The minimum atomic E-state index is -3.11. The van der Waals surface area contributed by atoms with Crippen LogP contribution in [0.5, 0.6) is 0 Å². The van der Waals surface area contributed by atoms with Crippen molar-refractivity contribution in [3.05, 3.63) is 55.9 Å². The molecule has 3 heterocycles. The number of carbonyl (C=O) groups is 1. The lowest BCUT2D eigenvalue weighted by atomic mass is 10.1. The summed E-state index contributed by atoms with van der Waals surface area (Å²) in [5.74, 6) is 0.164. The van der Waals surface area contributed by atoms with Gasteiger partial charge in [-0.15, -0.1) is 11.3 Å². The van der Waals surface area contributed by atoms with Crippen molar-refractivity contribution >= 4 is 54.0 Å². The normalized spacial score (nSPS) is 18.6. The highest BCUT2D eigenvalue weighted by Crippen LogP contribution is 2.31. The van der Waals surface area contributed by atoms with E-state index in [1.807, 2.05) is 43.5 Å². The first-order valence-electron chi connectivity index (χ1n) is 8.98. The van der Waals surface area contributed by atoms with E-state index in [-0.39, 0.29) is 29.2 Å². The van der Waals surface area contributed by atoms with Gasteiger partial charge in [-0.2, -0.15) is 0 Å². The summed E-state index contributed by atoms with van der Waals surface area (Å²) in [6.07, 6.45) is 0.462. The lowest BCUT2D eigenvalue weighted by Gasteiger charge is -2.27. The van der Waals surface area contributed by atoms with Crippen LogP contribution >= 0.6 is 27.3 Å². The third-order valence-corrected chi connectivity index (χ3v) is 8.54. The van der Waals surface area contributed by atoms with Crippen LogP contribution in [-0.2, 0) is 16.4 Å². The Kier molecular flexibility index (Phi) is 5.14. The zero-order valence-electron chi connectivity index (χ0n) is 15.6. The number of sulfone groups is 1. The minimum Gasteiger partial charge on any atom is -0.451 e. The summed E-state index contributed by atoms with van der Waals surface area (Å²) in [5, 5.41) is 2.87. The van der Waals surface area contributed by atoms with Crippen LogP contribution in [0.1, 0.15) is 33.0 Å². The molecule has 0 radical (unpaired) electrons. The number of thiophene rings is 1. The van der Waals surface area contributed by atoms with Crippen LogP contribution in [0.2, 0.25) is 0 Å². The van der Waals surface area contributed by atoms with E-state index in [1.165, 1.54) is 0 Å². The predicted molar refractivity (Wildman–Crippen MR) is 115 cm³/mol. The monoisotopic (exact) mass is 481 g/mol. The molecule has 1 aromatic carbocycles. The molecule has 4 rings (SSSR count). The molecule has 0 aliphatic carbocycles. The van der Waals surface area contributed by atoms with Crippen molar-refractivity contribution in [1.29, 1.82) is 0 Å². The van der Waals surface area contributed by atoms with Crippen molar-refractivity contribution in [2.45, 2.75) is 32.9 Å². The second-order valence-corrected chi connectivity index (χ2v) is 11.4. The Morgan fingerprint density at radius 1 is 1.32 bits per heavy atom. The summed E-state index contributed by atoms with van der Waals surface area (Å²) >= 11 is 5.03. The summed E-state index contributed by atoms with van der Waals surface area (Å²) in [6.45, 7) is 4.26. The molecule has 1 fully saturated rings. The molecule has 3 aromatic rings. The highest BCUT2D eigenvalue weighted by molar-refractivity contribution is 9.10. The van der Waals surface area contributed by atoms with Crippen LogP contribution in [0.4, 0.5) is 0 Å². The third kappa shape index (κ3) is 3.65. The number of carbonyl (C=O) groups excluding carboxylic acids is 1. The molecule has 0 spiro atoms. The van der Waals surface area contributed by atoms with Gasteiger partial charge in [-0.05, 0) is 55.5 Å². The van der Waals surface area contributed by atoms with E-state index in [0.717, 1.165) is 25.9 Å². The number of amides is 1. The van der Waals surface area contributed by atoms with Gasteiger partial charge in [-0.25, -0.2) is 8.42 Å². The van der Waals surface area contributed by atoms with E-state index in [0.29, 0.717) is 18.5 Å². The van der Waals surface area contributed by atoms with Gasteiger partial charge in [0, 0.05) is 26.3 Å². The topological polar surface area (TPSA) is 67.6 Å². The van der Waals surface area contributed by atoms with E-state index in [1.54, 1.807) is 16.2 Å². The van der Waals surface area contributed by atoms with E-state index in [9.17, 15) is 13.2 Å². The average Bonchev–Trinajstić information content (AvgIpc) is 3.30. The summed E-state index contributed by atoms with van der Waals surface area (Å²) in [7, 11) is -3.11. The van der Waals surface area contributed by atoms with E-state index < -0.39 is 9.84 Å². The molecule has 0 bridgehead atoms. The third-order valence-electron chi connectivity index (χ3n) is 5.28. The Morgan fingerprint density at radius 2 is 2.11 bits per heavy atom. The maximum Gasteiger partial charge on any atom is 0.290 e. The Balaban J connectivity index is 1.74. The highest BCUT2D eigenvalue weighted by Gasteiger charge is 2.37. The van der Waals surface area contributed by atoms with E-state index in [2.05, 4.69) is 15.9 Å². The van der Waals surface area contributed by atoms with Crippen LogP contribution in [0, 0.1) is 13.8 Å². The first-order valence-corrected chi connectivity index (χ1v) is 12.5. The minimum absolute atomic E-state index is 0.00792. The fourth-order valence-electron chi connectivity index (χ4n) is 3.64. The summed E-state index contributed by atoms with van der Waals surface area (Å²) < 4.78 is 30.9. The lowest BCUT2D eigenvalue weighted by Crippen LogP contribution is -2.40. The standard InChI is InChI=1S/C20H20BrNO4S2/c1-12-5-7-27-18(12)10-22(15-6-8-28(24,25)11-15)20(23)19-13(2)16-9-14(21)3-4-17(16)26-19/h3-5,7,9,15H,6,8,10-11H2,1-2H3/t15-/m1/s1. The number of hydrogen-bond donors (Lipinski definition) is 0. The fourth-order valence-corrected chi connectivity index (χ4v) is 6.63. The Labute approximate surface area is 176 Å². The zero-order valence-corrected chi connectivity index (χ0v) is 18.8. The number of hydrogen-bond acceptors (Lipinski definition) is 5. The molecule has 0 saturated carbocycles. The number of halogens is 1. The van der Waals surface area contributed by atoms with Gasteiger partial charge in [-0.3, -0.25) is 4.79 Å². The number of furan rings is 1. The molecular formula is C20H20BrNO4S2. The van der Waals surface area contributed by atoms with Crippen LogP contribution in [0.25, 0.3) is 11.0 Å². The second-order valence-electron chi connectivity index (χ2n) is 7.21. The van der Waals surface area contributed by atoms with Gasteiger partial charge >= 0.3 is 0 Å². The summed E-state index contributed by atoms with van der Waals surface area (Å²) in [4.78, 5) is 16.2. The molecule has 8 heteroatoms. The van der Waals surface area contributed by atoms with Gasteiger partial charge in [0.05, 0.1) is 18.1 Å². The van der Waals surface area contributed by atoms with Crippen molar-refractivity contribution in [2.75, 3.05) is 11.5 Å². The van der Waals surface area contributed by atoms with Gasteiger partial charge in [0.15, 0.2) is 15.6 Å². The van der Waals surface area contributed by atoms with Crippen LogP contribution in [0.3, 0.4) is 0 Å². The molecule has 1 aliphatic heterocycles. The smallest absolute Gasteiger partial charge is 0.290 e. The average molecular weight is 482 g/mol. The van der Waals surface area contributed by atoms with Gasteiger partial charge in [-0.1, -0.05) is 15.9 Å². The van der Waals surface area contributed by atoms with Crippen molar-refractivity contribution < 1.29 is 17.6 Å². The highest BCUT2D eigenvalue weighted by atomic mass is 79.9. The zero-order chi connectivity index (χ0) is 20.1. The Morgan fingerprint density at radius 3 is 2.75 bits per heavy atom. The first kappa shape index (κ1) is 19.7. The van der Waals surface area contributed by atoms with E-state index in [4.69, 9.17) is 4.42 Å². The second kappa shape index (κ2) is 7.31. The first-order chi connectivity index (χ1) is 13.2. The quantitative estimate of drug-likeness (QED) is 0.541. The number of rotatable bonds is 4. The van der Waals surface area contributed by atoms with Crippen molar-refractivity contribution in [1.82, 2.24) is 4.90 Å². The lowest BCUT2D eigenvalue weighted by molar-refractivity contribution is 0.0651. The van der Waals surface area contributed by atoms with Gasteiger partial charge in [0.25, 0.3) is 5.91 Å². The van der Waals surface area contributed by atoms with Gasteiger partial charge < -0.3 is 9.32 Å². The maximum absolute atomic E-state index is 13.5. The Hall–Kier alpha value is -1.64. The Bertz CT molecular complexity index is 1160. The molecule has 0 unspecified atom stereocenters. The summed E-state index contributed by atoms with van der Waals surface area (Å²) in [6, 6.07) is 7.31. The molecular weight excluding hydrogens is 462 g/mol. The number of aryl methyl sites for hydroxylation is 2. The van der Waals surface area contributed by atoms with E-state index >= 15 is 0 Å². The largest absolute Gasteiger partial charge is 0.451 e. The SMILES string of the molecule is Cc1ccsc1CN(C(=O)c1oc2ccc(Br)cc2c1C)[C@@H]1CCS(=O)(=O)C1. The fraction of sp³-hybridized carbons (Fsp3) is 0.350. The molecule has 1 amide bonds. The molecule has 2 aromatic heterocycles. The molecule has 28 heavy (non-hydrogen) atoms. The van der Waals surface area contributed by atoms with Crippen molar-refractivity contribution in [2.24, 2.45) is 0 Å². The molecule has 1 saturated heterocycles. The van der Waals surface area contributed by atoms with Gasteiger partial charge in [0.1, 0.15) is 5.58 Å². The molecule has 0 N–H and O–H groups in total. The molecule has 1 aliphatic rings. The number of benzene rings is 1.